The molecule has 0 aromatic carbocycles. The van der Waals surface area contributed by atoms with Crippen LogP contribution in [0.5, 0.6) is 0 Å². The maximum atomic E-state index is 12.8. The molecule has 0 unspecified atom stereocenters. The van der Waals surface area contributed by atoms with Crippen LogP contribution in [-0.4, -0.2) is 81.5 Å². The van der Waals surface area contributed by atoms with Crippen molar-refractivity contribution >= 4 is 31.9 Å². The molecule has 2 aliphatic rings. The maximum Gasteiger partial charge on any atom is 0.240 e. The van der Waals surface area contributed by atoms with Crippen LogP contribution < -0.4 is 11.1 Å². The molecule has 0 aromatic heterocycles. The minimum Gasteiger partial charge on any atom is -0.368 e. The van der Waals surface area contributed by atoms with Gasteiger partial charge in [0.15, 0.2) is 0 Å². The van der Waals surface area contributed by atoms with Gasteiger partial charge in [-0.15, -0.1) is 0 Å². The van der Waals surface area contributed by atoms with Gasteiger partial charge in [-0.05, 0) is 12.3 Å². The van der Waals surface area contributed by atoms with Crippen LogP contribution in [0.4, 0.5) is 0 Å². The Bertz CT molecular complexity index is 792. The Balaban J connectivity index is 2.16. The van der Waals surface area contributed by atoms with Crippen LogP contribution >= 0.6 is 0 Å². The van der Waals surface area contributed by atoms with E-state index in [0.717, 1.165) is 53.2 Å². The summed E-state index contributed by atoms with van der Waals surface area (Å²) in [6.07, 6.45) is 7.58. The van der Waals surface area contributed by atoms with E-state index in [0.29, 0.717) is 6.42 Å². The fraction of sp³-hybridized carbons (Fsp3) is 0.875. The molecule has 2 amide bonds. The molecule has 28 heavy (non-hydrogen) atoms. The molecule has 0 spiro atoms. The van der Waals surface area contributed by atoms with Crippen molar-refractivity contribution in [1.29, 1.82) is 0 Å². The lowest BCUT2D eigenvalue weighted by atomic mass is 9.84. The third-order valence-electron chi connectivity index (χ3n) is 5.45. The summed E-state index contributed by atoms with van der Waals surface area (Å²) in [4.78, 5) is 24.7. The summed E-state index contributed by atoms with van der Waals surface area (Å²) in [7, 11) is -7.33. The van der Waals surface area contributed by atoms with Gasteiger partial charge in [-0.2, -0.15) is 8.61 Å². The third-order valence-corrected chi connectivity index (χ3v) is 8.00. The average Bonchev–Trinajstić information content (AvgIpc) is 2.59. The van der Waals surface area contributed by atoms with E-state index in [1.807, 2.05) is 0 Å². The second-order valence-corrected chi connectivity index (χ2v) is 11.6. The molecular weight excluding hydrogens is 408 g/mol. The van der Waals surface area contributed by atoms with Crippen LogP contribution in [0.1, 0.15) is 38.5 Å². The van der Waals surface area contributed by atoms with Gasteiger partial charge in [0.2, 0.25) is 31.9 Å². The van der Waals surface area contributed by atoms with Crippen LogP contribution in [0, 0.1) is 5.92 Å². The Morgan fingerprint density at radius 3 is 2.14 bits per heavy atom. The molecule has 3 N–H and O–H groups in total. The number of carbonyl (C=O) groups excluding carboxylic acids is 2. The molecule has 1 heterocycles. The third kappa shape index (κ3) is 6.13. The van der Waals surface area contributed by atoms with Crippen molar-refractivity contribution in [3.8, 4) is 0 Å². The van der Waals surface area contributed by atoms with Crippen molar-refractivity contribution in [2.45, 2.75) is 50.6 Å². The van der Waals surface area contributed by atoms with Gasteiger partial charge in [0, 0.05) is 19.6 Å². The quantitative estimate of drug-likeness (QED) is 0.512. The number of primary amides is 1. The molecule has 0 aromatic rings. The minimum absolute atomic E-state index is 0.0307. The van der Waals surface area contributed by atoms with E-state index in [1.54, 1.807) is 0 Å². The molecule has 162 valence electrons. The largest absolute Gasteiger partial charge is 0.368 e. The normalized spacial score (nSPS) is 24.6. The molecule has 2 atom stereocenters. The van der Waals surface area contributed by atoms with Crippen molar-refractivity contribution in [3.05, 3.63) is 0 Å². The van der Waals surface area contributed by atoms with Crippen LogP contribution in [0.2, 0.25) is 0 Å². The van der Waals surface area contributed by atoms with Gasteiger partial charge in [0.1, 0.15) is 12.1 Å². The van der Waals surface area contributed by atoms with E-state index in [4.69, 9.17) is 5.73 Å². The summed E-state index contributed by atoms with van der Waals surface area (Å²) in [5, 5.41) is 2.57. The second-order valence-electron chi connectivity index (χ2n) is 7.71. The molecule has 1 saturated heterocycles. The summed E-state index contributed by atoms with van der Waals surface area (Å²) >= 11 is 0. The number of carbonyl (C=O) groups is 2. The Morgan fingerprint density at radius 2 is 1.64 bits per heavy atom. The Kier molecular flexibility index (Phi) is 7.45. The van der Waals surface area contributed by atoms with Crippen molar-refractivity contribution in [3.63, 3.8) is 0 Å². The highest BCUT2D eigenvalue weighted by Crippen LogP contribution is 2.27. The van der Waals surface area contributed by atoms with E-state index in [-0.39, 0.29) is 25.6 Å². The van der Waals surface area contributed by atoms with Crippen LogP contribution in [0.15, 0.2) is 0 Å². The molecule has 10 nitrogen and oxygen atoms in total. The Hall–Kier alpha value is -1.24. The molecule has 0 radical (unpaired) electrons. The van der Waals surface area contributed by atoms with Crippen LogP contribution in [0.25, 0.3) is 0 Å². The topological polar surface area (TPSA) is 147 Å². The highest BCUT2D eigenvalue weighted by atomic mass is 32.2. The fourth-order valence-corrected chi connectivity index (χ4v) is 5.79. The molecule has 2 fully saturated rings. The number of hydrogen-bond donors (Lipinski definition) is 2. The number of nitrogens with one attached hydrogen (secondary N) is 1. The summed E-state index contributed by atoms with van der Waals surface area (Å²) in [6.45, 7) is -0.461. The first kappa shape index (κ1) is 23.0. The first-order valence-corrected chi connectivity index (χ1v) is 13.1. The number of rotatable bonds is 7. The van der Waals surface area contributed by atoms with Crippen LogP contribution in [0.3, 0.4) is 0 Å². The van der Waals surface area contributed by atoms with Crippen molar-refractivity contribution in [1.82, 2.24) is 13.9 Å². The Morgan fingerprint density at radius 1 is 1.04 bits per heavy atom. The molecule has 12 heteroatoms. The monoisotopic (exact) mass is 438 g/mol. The molecule has 2 rings (SSSR count). The molecule has 1 aliphatic heterocycles. The lowest BCUT2D eigenvalue weighted by molar-refractivity contribution is -0.131. The highest BCUT2D eigenvalue weighted by Gasteiger charge is 2.41. The average molecular weight is 439 g/mol. The van der Waals surface area contributed by atoms with Crippen LogP contribution in [-0.2, 0) is 29.6 Å². The van der Waals surface area contributed by atoms with Crippen molar-refractivity contribution in [2.24, 2.45) is 11.7 Å². The fourth-order valence-electron chi connectivity index (χ4n) is 3.92. The predicted octanol–water partition coefficient (Wildman–Crippen LogP) is -1.17. The predicted molar refractivity (Wildman–Crippen MR) is 104 cm³/mol. The first-order valence-electron chi connectivity index (χ1n) is 9.41. The van der Waals surface area contributed by atoms with Gasteiger partial charge in [-0.25, -0.2) is 16.8 Å². The van der Waals surface area contributed by atoms with E-state index < -0.39 is 43.9 Å². The molecular formula is C16H30N4O6S2. The summed E-state index contributed by atoms with van der Waals surface area (Å²) in [5.74, 6) is -1.12. The lowest BCUT2D eigenvalue weighted by Crippen LogP contribution is -2.62. The SMILES string of the molecule is CS(=O)(=O)N1CCN(S(C)(=O)=O)[C@@H](C(=O)N[C@@H](CC2CCCCC2)C(N)=O)C1. The number of sulfonamides is 2. The van der Waals surface area contributed by atoms with Crippen molar-refractivity contribution in [2.75, 3.05) is 32.1 Å². The summed E-state index contributed by atoms with van der Waals surface area (Å²) in [6, 6.07) is -2.16. The Labute approximate surface area is 166 Å². The maximum absolute atomic E-state index is 12.8. The van der Waals surface area contributed by atoms with Gasteiger partial charge in [-0.1, -0.05) is 32.1 Å². The highest BCUT2D eigenvalue weighted by molar-refractivity contribution is 7.88. The zero-order valence-corrected chi connectivity index (χ0v) is 18.0. The molecule has 1 aliphatic carbocycles. The number of nitrogens with two attached hydrogens (primary N) is 1. The number of nitrogens with zero attached hydrogens (tertiary/aromatic N) is 2. The van der Waals surface area contributed by atoms with Gasteiger partial charge < -0.3 is 11.1 Å². The number of piperazine rings is 1. The molecule has 1 saturated carbocycles. The van der Waals surface area contributed by atoms with Gasteiger partial charge in [-0.3, -0.25) is 9.59 Å². The van der Waals surface area contributed by atoms with Gasteiger partial charge >= 0.3 is 0 Å². The second kappa shape index (κ2) is 9.06. The lowest BCUT2D eigenvalue weighted by Gasteiger charge is -2.38. The zero-order valence-electron chi connectivity index (χ0n) is 16.3. The molecule has 0 bridgehead atoms. The summed E-state index contributed by atoms with van der Waals surface area (Å²) in [5.41, 5.74) is 5.46. The van der Waals surface area contributed by atoms with Gasteiger partial charge in [0.25, 0.3) is 0 Å². The number of amides is 2. The standard InChI is InChI=1S/C16H30N4O6S2/c1-27(23,24)19-8-9-20(28(2,25)26)14(11-19)16(22)18-13(15(17)21)10-12-6-4-3-5-7-12/h12-14H,3-11H2,1-2H3,(H2,17,21)(H,18,22)/t13-,14+/m0/s1. The van der Waals surface area contributed by atoms with Gasteiger partial charge in [0.05, 0.1) is 12.5 Å². The summed E-state index contributed by atoms with van der Waals surface area (Å²) < 4.78 is 49.9. The van der Waals surface area contributed by atoms with E-state index >= 15 is 0 Å². The van der Waals surface area contributed by atoms with E-state index in [2.05, 4.69) is 5.32 Å². The number of hydrogen-bond acceptors (Lipinski definition) is 6. The zero-order chi connectivity index (χ0) is 21.1. The first-order chi connectivity index (χ1) is 12.9. The van der Waals surface area contributed by atoms with Crippen molar-refractivity contribution < 1.29 is 26.4 Å². The van der Waals surface area contributed by atoms with E-state index in [1.165, 1.54) is 0 Å². The minimum atomic E-state index is -3.74. The smallest absolute Gasteiger partial charge is 0.240 e. The van der Waals surface area contributed by atoms with E-state index in [9.17, 15) is 26.4 Å².